The van der Waals surface area contributed by atoms with Gasteiger partial charge in [0.25, 0.3) is 0 Å². The Morgan fingerprint density at radius 2 is 2.18 bits per heavy atom. The predicted octanol–water partition coefficient (Wildman–Crippen LogP) is 1.62. The highest BCUT2D eigenvalue weighted by molar-refractivity contribution is 5.95. The van der Waals surface area contributed by atoms with Crippen molar-refractivity contribution in [1.82, 2.24) is 5.32 Å². The van der Waals surface area contributed by atoms with Gasteiger partial charge in [0, 0.05) is 24.7 Å². The molecule has 11 heavy (non-hydrogen) atoms. The van der Waals surface area contributed by atoms with Gasteiger partial charge in [0.15, 0.2) is 5.78 Å². The van der Waals surface area contributed by atoms with Crippen molar-refractivity contribution in [2.75, 3.05) is 6.54 Å². The Kier molecular flexibility index (Phi) is 3.14. The standard InChI is InChI=1S/C9H15NO/c1-2-10-7-8-5-3-4-6-9(8)11/h7,10H,2-6H2,1H3/b8-7-. The van der Waals surface area contributed by atoms with E-state index < -0.39 is 0 Å². The van der Waals surface area contributed by atoms with Crippen LogP contribution >= 0.6 is 0 Å². The third-order valence-electron chi connectivity index (χ3n) is 1.94. The van der Waals surface area contributed by atoms with Gasteiger partial charge in [0.2, 0.25) is 0 Å². The van der Waals surface area contributed by atoms with Crippen molar-refractivity contribution < 1.29 is 4.79 Å². The number of nitrogens with one attached hydrogen (secondary N) is 1. The maximum absolute atomic E-state index is 11.2. The summed E-state index contributed by atoms with van der Waals surface area (Å²) in [5.74, 6) is 0.331. The molecular weight excluding hydrogens is 138 g/mol. The first-order valence-electron chi connectivity index (χ1n) is 4.30. The topological polar surface area (TPSA) is 29.1 Å². The summed E-state index contributed by atoms with van der Waals surface area (Å²) in [5, 5.41) is 3.07. The number of carbonyl (C=O) groups excluding carboxylic acids is 1. The summed E-state index contributed by atoms with van der Waals surface area (Å²) in [5.41, 5.74) is 0.984. The zero-order chi connectivity index (χ0) is 8.10. The Labute approximate surface area is 67.7 Å². The van der Waals surface area contributed by atoms with Crippen LogP contribution in [0.3, 0.4) is 0 Å². The first kappa shape index (κ1) is 8.31. The summed E-state index contributed by atoms with van der Waals surface area (Å²) in [6.07, 6.45) is 5.83. The molecule has 0 aromatic heterocycles. The summed E-state index contributed by atoms with van der Waals surface area (Å²) in [6.45, 7) is 2.93. The molecule has 0 radical (unpaired) electrons. The largest absolute Gasteiger partial charge is 0.391 e. The van der Waals surface area contributed by atoms with Crippen LogP contribution in [0.4, 0.5) is 0 Å². The van der Waals surface area contributed by atoms with E-state index in [0.29, 0.717) is 5.78 Å². The number of hydrogen-bond donors (Lipinski definition) is 1. The molecule has 62 valence electrons. The molecule has 1 N–H and O–H groups in total. The van der Waals surface area contributed by atoms with Crippen molar-refractivity contribution in [3.63, 3.8) is 0 Å². The van der Waals surface area contributed by atoms with E-state index in [1.807, 2.05) is 13.1 Å². The second kappa shape index (κ2) is 4.16. The molecule has 0 saturated heterocycles. The monoisotopic (exact) mass is 153 g/mol. The van der Waals surface area contributed by atoms with Crippen LogP contribution in [0.5, 0.6) is 0 Å². The molecule has 0 atom stereocenters. The van der Waals surface area contributed by atoms with E-state index in [9.17, 15) is 4.79 Å². The molecule has 0 heterocycles. The lowest BCUT2D eigenvalue weighted by atomic mass is 9.94. The average molecular weight is 153 g/mol. The summed E-state index contributed by atoms with van der Waals surface area (Å²) >= 11 is 0. The maximum Gasteiger partial charge on any atom is 0.160 e. The minimum atomic E-state index is 0.331. The van der Waals surface area contributed by atoms with Gasteiger partial charge in [-0.25, -0.2) is 0 Å². The molecular formula is C9H15NO. The highest BCUT2D eigenvalue weighted by Gasteiger charge is 2.13. The average Bonchev–Trinajstić information content (AvgIpc) is 2.03. The lowest BCUT2D eigenvalue weighted by Crippen LogP contribution is -2.13. The molecule has 2 nitrogen and oxygen atoms in total. The van der Waals surface area contributed by atoms with Crippen molar-refractivity contribution in [2.45, 2.75) is 32.6 Å². The molecule has 0 bridgehead atoms. The molecule has 0 amide bonds. The number of carbonyl (C=O) groups is 1. The van der Waals surface area contributed by atoms with Crippen molar-refractivity contribution in [3.05, 3.63) is 11.8 Å². The van der Waals surface area contributed by atoms with E-state index in [0.717, 1.165) is 31.4 Å². The van der Waals surface area contributed by atoms with Crippen LogP contribution in [-0.4, -0.2) is 12.3 Å². The molecule has 0 aliphatic heterocycles. The molecule has 2 heteroatoms. The third-order valence-corrected chi connectivity index (χ3v) is 1.94. The van der Waals surface area contributed by atoms with Crippen LogP contribution in [0.15, 0.2) is 11.8 Å². The van der Waals surface area contributed by atoms with Crippen LogP contribution < -0.4 is 5.32 Å². The van der Waals surface area contributed by atoms with Crippen LogP contribution in [0, 0.1) is 0 Å². The lowest BCUT2D eigenvalue weighted by molar-refractivity contribution is -0.116. The van der Waals surface area contributed by atoms with Gasteiger partial charge < -0.3 is 5.32 Å². The fraction of sp³-hybridized carbons (Fsp3) is 0.667. The minimum Gasteiger partial charge on any atom is -0.391 e. The number of rotatable bonds is 2. The van der Waals surface area contributed by atoms with Gasteiger partial charge in [-0.1, -0.05) is 0 Å². The summed E-state index contributed by atoms with van der Waals surface area (Å²) in [4.78, 5) is 11.2. The van der Waals surface area contributed by atoms with Gasteiger partial charge in [-0.15, -0.1) is 0 Å². The van der Waals surface area contributed by atoms with Crippen LogP contribution in [0.1, 0.15) is 32.6 Å². The Morgan fingerprint density at radius 1 is 1.45 bits per heavy atom. The van der Waals surface area contributed by atoms with Crippen molar-refractivity contribution in [1.29, 1.82) is 0 Å². The van der Waals surface area contributed by atoms with Crippen molar-refractivity contribution in [3.8, 4) is 0 Å². The fourth-order valence-corrected chi connectivity index (χ4v) is 1.28. The normalized spacial score (nSPS) is 22.3. The second-order valence-corrected chi connectivity index (χ2v) is 2.86. The molecule has 0 spiro atoms. The van der Waals surface area contributed by atoms with E-state index in [-0.39, 0.29) is 0 Å². The Morgan fingerprint density at radius 3 is 2.82 bits per heavy atom. The van der Waals surface area contributed by atoms with Gasteiger partial charge in [-0.3, -0.25) is 4.79 Å². The van der Waals surface area contributed by atoms with Gasteiger partial charge in [-0.2, -0.15) is 0 Å². The van der Waals surface area contributed by atoms with Gasteiger partial charge >= 0.3 is 0 Å². The second-order valence-electron chi connectivity index (χ2n) is 2.86. The molecule has 1 aliphatic rings. The summed E-state index contributed by atoms with van der Waals surface area (Å²) in [6, 6.07) is 0. The molecule has 0 aromatic rings. The molecule has 1 rings (SSSR count). The highest BCUT2D eigenvalue weighted by Crippen LogP contribution is 2.18. The molecule has 0 aromatic carbocycles. The zero-order valence-corrected chi connectivity index (χ0v) is 7.02. The lowest BCUT2D eigenvalue weighted by Gasteiger charge is -2.12. The number of hydrogen-bond acceptors (Lipinski definition) is 2. The van der Waals surface area contributed by atoms with E-state index in [4.69, 9.17) is 0 Å². The van der Waals surface area contributed by atoms with E-state index >= 15 is 0 Å². The number of allylic oxidation sites excluding steroid dienone is 1. The molecule has 1 saturated carbocycles. The number of Topliss-reactive ketones (excluding diaryl/α,β-unsaturated/α-hetero) is 1. The molecule has 1 fully saturated rings. The molecule has 0 unspecified atom stereocenters. The SMILES string of the molecule is CCN/C=C1/CCCCC1=O. The van der Waals surface area contributed by atoms with Crippen LogP contribution in [-0.2, 0) is 4.79 Å². The van der Waals surface area contributed by atoms with Gasteiger partial charge in [0.1, 0.15) is 0 Å². The first-order valence-corrected chi connectivity index (χ1v) is 4.30. The van der Waals surface area contributed by atoms with E-state index in [1.54, 1.807) is 0 Å². The van der Waals surface area contributed by atoms with Gasteiger partial charge in [-0.05, 0) is 26.2 Å². The number of ketones is 1. The first-order chi connectivity index (χ1) is 5.34. The summed E-state index contributed by atoms with van der Waals surface area (Å²) < 4.78 is 0. The Balaban J connectivity index is 2.47. The van der Waals surface area contributed by atoms with E-state index in [1.165, 1.54) is 6.42 Å². The zero-order valence-electron chi connectivity index (χ0n) is 7.02. The third kappa shape index (κ3) is 2.37. The van der Waals surface area contributed by atoms with Crippen molar-refractivity contribution >= 4 is 5.78 Å². The van der Waals surface area contributed by atoms with Crippen LogP contribution in [0.25, 0.3) is 0 Å². The summed E-state index contributed by atoms with van der Waals surface area (Å²) in [7, 11) is 0. The Hall–Kier alpha value is -0.790. The molecule has 1 aliphatic carbocycles. The highest BCUT2D eigenvalue weighted by atomic mass is 16.1. The van der Waals surface area contributed by atoms with Gasteiger partial charge in [0.05, 0.1) is 0 Å². The van der Waals surface area contributed by atoms with Crippen molar-refractivity contribution in [2.24, 2.45) is 0 Å². The maximum atomic E-state index is 11.2. The van der Waals surface area contributed by atoms with Crippen LogP contribution in [0.2, 0.25) is 0 Å². The quantitative estimate of drug-likeness (QED) is 0.611. The van der Waals surface area contributed by atoms with E-state index in [2.05, 4.69) is 5.32 Å². The fourth-order valence-electron chi connectivity index (χ4n) is 1.28. The predicted molar refractivity (Wildman–Crippen MR) is 45.2 cm³/mol. The minimum absolute atomic E-state index is 0.331. The smallest absolute Gasteiger partial charge is 0.160 e. The Bertz CT molecular complexity index is 172.